The second-order valence-corrected chi connectivity index (χ2v) is 5.51. The summed E-state index contributed by atoms with van der Waals surface area (Å²) in [7, 11) is 0. The lowest BCUT2D eigenvalue weighted by Gasteiger charge is -2.27. The number of anilines is 1. The summed E-state index contributed by atoms with van der Waals surface area (Å²) in [5.74, 6) is 0.649. The quantitative estimate of drug-likeness (QED) is 0.462. The van der Waals surface area contributed by atoms with Crippen LogP contribution in [0.3, 0.4) is 0 Å². The fourth-order valence-corrected chi connectivity index (χ4v) is 2.58. The number of aromatic nitrogens is 1. The fraction of sp³-hybridized carbons (Fsp3) is 0.583. The molecule has 0 unspecified atom stereocenters. The molecule has 0 spiro atoms. The van der Waals surface area contributed by atoms with Gasteiger partial charge in [-0.25, -0.2) is 4.98 Å². The van der Waals surface area contributed by atoms with Crippen molar-refractivity contribution in [3.8, 4) is 0 Å². The van der Waals surface area contributed by atoms with Gasteiger partial charge in [0.25, 0.3) is 5.69 Å². The van der Waals surface area contributed by atoms with Crippen LogP contribution in [-0.2, 0) is 0 Å². The summed E-state index contributed by atoms with van der Waals surface area (Å²) in [5.41, 5.74) is -0.0109. The third kappa shape index (κ3) is 4.39. The minimum atomic E-state index is -0.452. The van der Waals surface area contributed by atoms with Crippen LogP contribution in [0, 0.1) is 10.1 Å². The van der Waals surface area contributed by atoms with Crippen LogP contribution in [0.15, 0.2) is 16.7 Å². The Morgan fingerprint density at radius 3 is 2.90 bits per heavy atom. The molecule has 0 aliphatic carbocycles. The van der Waals surface area contributed by atoms with Gasteiger partial charge in [0.05, 0.1) is 9.40 Å². The number of piperazine rings is 1. The molecule has 2 rings (SSSR count). The van der Waals surface area contributed by atoms with Crippen LogP contribution >= 0.6 is 15.9 Å². The second-order valence-electron chi connectivity index (χ2n) is 4.65. The number of hydrogen-bond acceptors (Lipinski definition) is 6. The standard InChI is InChI=1S/C12H18BrN5O2/c13-11-8-10(18(19)20)9-16-12(11)15-2-1-5-17-6-3-14-4-7-17/h8-9,14H,1-7H2,(H,15,16). The van der Waals surface area contributed by atoms with Crippen molar-refractivity contribution in [3.05, 3.63) is 26.9 Å². The van der Waals surface area contributed by atoms with Gasteiger partial charge in [-0.3, -0.25) is 10.1 Å². The third-order valence-corrected chi connectivity index (χ3v) is 3.80. The molecule has 0 amide bonds. The van der Waals surface area contributed by atoms with E-state index in [9.17, 15) is 10.1 Å². The third-order valence-electron chi connectivity index (χ3n) is 3.19. The average Bonchev–Trinajstić information content (AvgIpc) is 2.46. The molecule has 0 atom stereocenters. The number of nitrogens with one attached hydrogen (secondary N) is 2. The first kappa shape index (κ1) is 15.1. The molecule has 7 nitrogen and oxygen atoms in total. The zero-order valence-corrected chi connectivity index (χ0v) is 12.7. The van der Waals surface area contributed by atoms with Gasteiger partial charge < -0.3 is 15.5 Å². The first-order valence-corrected chi connectivity index (χ1v) is 7.43. The van der Waals surface area contributed by atoms with E-state index in [1.54, 1.807) is 0 Å². The normalized spacial score (nSPS) is 16.1. The van der Waals surface area contributed by atoms with Crippen molar-refractivity contribution in [1.82, 2.24) is 15.2 Å². The Bertz CT molecular complexity index is 465. The van der Waals surface area contributed by atoms with Gasteiger partial charge in [0.2, 0.25) is 0 Å². The molecule has 1 aromatic heterocycles. The van der Waals surface area contributed by atoms with E-state index in [1.165, 1.54) is 12.3 Å². The summed E-state index contributed by atoms with van der Waals surface area (Å²) in [6.45, 7) is 6.16. The van der Waals surface area contributed by atoms with Gasteiger partial charge in [0.15, 0.2) is 0 Å². The maximum absolute atomic E-state index is 10.6. The molecule has 1 saturated heterocycles. The number of nitrogens with zero attached hydrogens (tertiary/aromatic N) is 3. The zero-order chi connectivity index (χ0) is 14.4. The van der Waals surface area contributed by atoms with Crippen LogP contribution in [0.4, 0.5) is 11.5 Å². The van der Waals surface area contributed by atoms with Crippen LogP contribution in [0.2, 0.25) is 0 Å². The molecule has 2 N–H and O–H groups in total. The van der Waals surface area contributed by atoms with Crippen LogP contribution in [0.25, 0.3) is 0 Å². The number of hydrogen-bond donors (Lipinski definition) is 2. The summed E-state index contributed by atoms with van der Waals surface area (Å²) in [5, 5.41) is 17.1. The highest BCUT2D eigenvalue weighted by molar-refractivity contribution is 9.10. The van der Waals surface area contributed by atoms with E-state index in [0.29, 0.717) is 10.3 Å². The predicted octanol–water partition coefficient (Wildman–Crippen LogP) is 1.46. The summed E-state index contributed by atoms with van der Waals surface area (Å²) < 4.78 is 0.619. The summed E-state index contributed by atoms with van der Waals surface area (Å²) >= 11 is 3.30. The molecule has 8 heteroatoms. The van der Waals surface area contributed by atoms with Gasteiger partial charge in [0.1, 0.15) is 12.0 Å². The summed E-state index contributed by atoms with van der Waals surface area (Å²) in [6, 6.07) is 1.46. The van der Waals surface area contributed by atoms with E-state index < -0.39 is 4.92 Å². The lowest BCUT2D eigenvalue weighted by molar-refractivity contribution is -0.385. The molecule has 110 valence electrons. The Hall–Kier alpha value is -1.25. The van der Waals surface area contributed by atoms with Gasteiger partial charge in [-0.1, -0.05) is 0 Å². The smallest absolute Gasteiger partial charge is 0.288 e. The second kappa shape index (κ2) is 7.51. The van der Waals surface area contributed by atoms with Crippen molar-refractivity contribution in [1.29, 1.82) is 0 Å². The molecule has 0 aromatic carbocycles. The van der Waals surface area contributed by atoms with Crippen LogP contribution in [0.5, 0.6) is 0 Å². The highest BCUT2D eigenvalue weighted by Crippen LogP contribution is 2.24. The number of pyridine rings is 1. The van der Waals surface area contributed by atoms with Gasteiger partial charge in [-0.05, 0) is 28.9 Å². The SMILES string of the molecule is O=[N+]([O-])c1cnc(NCCCN2CCNCC2)c(Br)c1. The molecule has 0 saturated carbocycles. The summed E-state index contributed by atoms with van der Waals surface area (Å²) in [6.07, 6.45) is 2.29. The van der Waals surface area contributed by atoms with E-state index in [0.717, 1.165) is 45.7 Å². The van der Waals surface area contributed by atoms with Crippen LogP contribution < -0.4 is 10.6 Å². The molecule has 1 aliphatic heterocycles. The van der Waals surface area contributed by atoms with Crippen molar-refractivity contribution in [2.45, 2.75) is 6.42 Å². The van der Waals surface area contributed by atoms with E-state index >= 15 is 0 Å². The lowest BCUT2D eigenvalue weighted by atomic mass is 10.3. The molecule has 1 fully saturated rings. The summed E-state index contributed by atoms with van der Waals surface area (Å²) in [4.78, 5) is 16.6. The highest BCUT2D eigenvalue weighted by atomic mass is 79.9. The lowest BCUT2D eigenvalue weighted by Crippen LogP contribution is -2.44. The van der Waals surface area contributed by atoms with Gasteiger partial charge >= 0.3 is 0 Å². The van der Waals surface area contributed by atoms with E-state index in [1.807, 2.05) is 0 Å². The maximum atomic E-state index is 10.6. The Morgan fingerprint density at radius 2 is 2.25 bits per heavy atom. The average molecular weight is 344 g/mol. The molecule has 1 aliphatic rings. The first-order chi connectivity index (χ1) is 9.66. The Kier molecular flexibility index (Phi) is 5.69. The maximum Gasteiger partial charge on any atom is 0.288 e. The van der Waals surface area contributed by atoms with E-state index in [4.69, 9.17) is 0 Å². The zero-order valence-electron chi connectivity index (χ0n) is 11.1. The number of nitro groups is 1. The van der Waals surface area contributed by atoms with Gasteiger partial charge in [-0.2, -0.15) is 0 Å². The minimum Gasteiger partial charge on any atom is -0.369 e. The molecule has 0 radical (unpaired) electrons. The molecular weight excluding hydrogens is 326 g/mol. The first-order valence-electron chi connectivity index (χ1n) is 6.63. The van der Waals surface area contributed by atoms with Crippen molar-refractivity contribution in [2.75, 3.05) is 44.6 Å². The van der Waals surface area contributed by atoms with Gasteiger partial charge in [-0.15, -0.1) is 0 Å². The van der Waals surface area contributed by atoms with Crippen molar-refractivity contribution in [2.24, 2.45) is 0 Å². The molecule has 1 aromatic rings. The minimum absolute atomic E-state index is 0.0109. The van der Waals surface area contributed by atoms with Crippen LogP contribution in [-0.4, -0.2) is 54.1 Å². The molecule has 20 heavy (non-hydrogen) atoms. The van der Waals surface area contributed by atoms with E-state index in [2.05, 4.69) is 36.4 Å². The fourth-order valence-electron chi connectivity index (χ4n) is 2.10. The Morgan fingerprint density at radius 1 is 1.50 bits per heavy atom. The van der Waals surface area contributed by atoms with Crippen molar-refractivity contribution >= 4 is 27.4 Å². The molecule has 2 heterocycles. The molecular formula is C12H18BrN5O2. The Balaban J connectivity index is 1.74. The number of rotatable bonds is 6. The van der Waals surface area contributed by atoms with Crippen molar-refractivity contribution in [3.63, 3.8) is 0 Å². The highest BCUT2D eigenvalue weighted by Gasteiger charge is 2.11. The Labute approximate surface area is 126 Å². The van der Waals surface area contributed by atoms with Gasteiger partial charge in [0, 0.05) is 38.8 Å². The number of halogens is 1. The van der Waals surface area contributed by atoms with Crippen molar-refractivity contribution < 1.29 is 4.92 Å². The predicted molar refractivity (Wildman–Crippen MR) is 81.0 cm³/mol. The topological polar surface area (TPSA) is 83.3 Å². The van der Waals surface area contributed by atoms with Crippen LogP contribution in [0.1, 0.15) is 6.42 Å². The van der Waals surface area contributed by atoms with E-state index in [-0.39, 0.29) is 5.69 Å². The monoisotopic (exact) mass is 343 g/mol. The molecule has 0 bridgehead atoms. The largest absolute Gasteiger partial charge is 0.369 e.